The molecule has 0 saturated carbocycles. The third kappa shape index (κ3) is 3.23. The molecule has 1 atom stereocenters. The second-order valence-corrected chi connectivity index (χ2v) is 4.60. The zero-order valence-electron chi connectivity index (χ0n) is 11.8. The summed E-state index contributed by atoms with van der Waals surface area (Å²) in [6.07, 6.45) is 2.37. The fourth-order valence-corrected chi connectivity index (χ4v) is 2.38. The second-order valence-electron chi connectivity index (χ2n) is 4.60. The van der Waals surface area contributed by atoms with Crippen LogP contribution in [-0.4, -0.2) is 40.5 Å². The van der Waals surface area contributed by atoms with Crippen LogP contribution in [0.15, 0.2) is 12.1 Å². The highest BCUT2D eigenvalue weighted by Crippen LogP contribution is 2.40. The van der Waals surface area contributed by atoms with Gasteiger partial charge < -0.3 is 24.8 Å². The average molecular weight is 266 g/mol. The predicted octanol–water partition coefficient (Wildman–Crippen LogP) is 1.88. The lowest BCUT2D eigenvalue weighted by atomic mass is 10.1. The van der Waals surface area contributed by atoms with Gasteiger partial charge in [-0.3, -0.25) is 0 Å². The molecule has 0 radical (unpaired) electrons. The Hall–Kier alpha value is -1.62. The van der Waals surface area contributed by atoms with E-state index in [1.165, 1.54) is 12.8 Å². The molecule has 5 heteroatoms. The number of hydrogen-bond donors (Lipinski definition) is 2. The molecule has 0 aromatic heterocycles. The number of ether oxygens (including phenoxy) is 3. The third-order valence-corrected chi connectivity index (χ3v) is 3.33. The normalized spacial score (nSPS) is 18.8. The van der Waals surface area contributed by atoms with Crippen LogP contribution in [0.4, 0.5) is 5.69 Å². The molecule has 1 unspecified atom stereocenters. The molecular weight excluding hydrogens is 244 g/mol. The summed E-state index contributed by atoms with van der Waals surface area (Å²) in [5.74, 6) is 1.97. The van der Waals surface area contributed by atoms with Crippen LogP contribution in [0.5, 0.6) is 17.2 Å². The summed E-state index contributed by atoms with van der Waals surface area (Å²) < 4.78 is 16.0. The topological polar surface area (TPSA) is 51.8 Å². The zero-order chi connectivity index (χ0) is 13.7. The monoisotopic (exact) mass is 266 g/mol. The van der Waals surface area contributed by atoms with Gasteiger partial charge in [0.1, 0.15) is 0 Å². The van der Waals surface area contributed by atoms with E-state index < -0.39 is 0 Å². The van der Waals surface area contributed by atoms with Gasteiger partial charge in [-0.05, 0) is 19.4 Å². The predicted molar refractivity (Wildman–Crippen MR) is 75.6 cm³/mol. The first-order chi connectivity index (χ1) is 9.28. The molecular formula is C14H22N2O3. The molecule has 0 spiro atoms. The van der Waals surface area contributed by atoms with Gasteiger partial charge in [0.15, 0.2) is 11.5 Å². The van der Waals surface area contributed by atoms with Crippen LogP contribution >= 0.6 is 0 Å². The van der Waals surface area contributed by atoms with Crippen molar-refractivity contribution in [1.82, 2.24) is 5.32 Å². The lowest BCUT2D eigenvalue weighted by molar-refractivity contribution is 0.324. The number of piperidine rings is 1. The second kappa shape index (κ2) is 6.52. The Morgan fingerprint density at radius 2 is 1.79 bits per heavy atom. The highest BCUT2D eigenvalue weighted by Gasteiger charge is 2.16. The van der Waals surface area contributed by atoms with E-state index in [2.05, 4.69) is 10.6 Å². The van der Waals surface area contributed by atoms with Crippen molar-refractivity contribution in [2.24, 2.45) is 0 Å². The Balaban J connectivity index is 2.20. The highest BCUT2D eigenvalue weighted by atomic mass is 16.5. The minimum Gasteiger partial charge on any atom is -0.493 e. The van der Waals surface area contributed by atoms with Crippen LogP contribution < -0.4 is 24.8 Å². The molecule has 2 N–H and O–H groups in total. The van der Waals surface area contributed by atoms with Gasteiger partial charge in [-0.15, -0.1) is 0 Å². The molecule has 1 aliphatic rings. The molecule has 2 rings (SSSR count). The Morgan fingerprint density at radius 3 is 2.26 bits per heavy atom. The van der Waals surface area contributed by atoms with Crippen LogP contribution in [0.2, 0.25) is 0 Å². The van der Waals surface area contributed by atoms with Crippen LogP contribution in [0.25, 0.3) is 0 Å². The summed E-state index contributed by atoms with van der Waals surface area (Å²) in [7, 11) is 4.87. The number of anilines is 1. The van der Waals surface area contributed by atoms with Gasteiger partial charge in [0.05, 0.1) is 21.3 Å². The zero-order valence-corrected chi connectivity index (χ0v) is 11.8. The van der Waals surface area contributed by atoms with Crippen LogP contribution in [-0.2, 0) is 0 Å². The molecule has 1 heterocycles. The van der Waals surface area contributed by atoms with Gasteiger partial charge in [0.2, 0.25) is 5.75 Å². The van der Waals surface area contributed by atoms with E-state index in [1.54, 1.807) is 21.3 Å². The standard InChI is InChI=1S/C14H22N2O3/c1-17-12-7-11(8-13(18-2)14(12)19-3)16-10-5-4-6-15-9-10/h7-8,10,15-16H,4-6,9H2,1-3H3. The fourth-order valence-electron chi connectivity index (χ4n) is 2.38. The number of methoxy groups -OCH3 is 3. The molecule has 0 bridgehead atoms. The van der Waals surface area contributed by atoms with Gasteiger partial charge in [0, 0.05) is 30.4 Å². The molecule has 19 heavy (non-hydrogen) atoms. The van der Waals surface area contributed by atoms with Crippen LogP contribution in [0, 0.1) is 0 Å². The maximum absolute atomic E-state index is 5.35. The van der Waals surface area contributed by atoms with Gasteiger partial charge in [-0.1, -0.05) is 0 Å². The fraction of sp³-hybridized carbons (Fsp3) is 0.571. The molecule has 1 aromatic rings. The van der Waals surface area contributed by atoms with E-state index in [1.807, 2.05) is 12.1 Å². The van der Waals surface area contributed by atoms with Crippen molar-refractivity contribution in [3.05, 3.63) is 12.1 Å². The van der Waals surface area contributed by atoms with Crippen molar-refractivity contribution >= 4 is 5.69 Å². The SMILES string of the molecule is COc1cc(NC2CCCNC2)cc(OC)c1OC. The maximum atomic E-state index is 5.35. The molecule has 0 aliphatic carbocycles. The third-order valence-electron chi connectivity index (χ3n) is 3.33. The van der Waals surface area contributed by atoms with E-state index in [0.29, 0.717) is 23.3 Å². The Bertz CT molecular complexity index is 392. The van der Waals surface area contributed by atoms with E-state index in [0.717, 1.165) is 18.8 Å². The summed E-state index contributed by atoms with van der Waals surface area (Å²) in [4.78, 5) is 0. The van der Waals surface area contributed by atoms with Crippen molar-refractivity contribution in [1.29, 1.82) is 0 Å². The minimum absolute atomic E-state index is 0.441. The number of hydrogen-bond acceptors (Lipinski definition) is 5. The average Bonchev–Trinajstić information content (AvgIpc) is 2.47. The Labute approximate surface area is 114 Å². The van der Waals surface area contributed by atoms with Crippen molar-refractivity contribution < 1.29 is 14.2 Å². The van der Waals surface area contributed by atoms with Gasteiger partial charge in [-0.25, -0.2) is 0 Å². The highest BCUT2D eigenvalue weighted by molar-refractivity contribution is 5.62. The van der Waals surface area contributed by atoms with E-state index in [-0.39, 0.29) is 0 Å². The molecule has 106 valence electrons. The first kappa shape index (κ1) is 13.8. The van der Waals surface area contributed by atoms with Crippen LogP contribution in [0.1, 0.15) is 12.8 Å². The van der Waals surface area contributed by atoms with Crippen molar-refractivity contribution in [2.75, 3.05) is 39.7 Å². The molecule has 1 saturated heterocycles. The summed E-state index contributed by atoms with van der Waals surface area (Å²) in [6.45, 7) is 2.09. The molecule has 1 aromatic carbocycles. The molecule has 1 fully saturated rings. The van der Waals surface area contributed by atoms with Crippen molar-refractivity contribution in [3.8, 4) is 17.2 Å². The van der Waals surface area contributed by atoms with Gasteiger partial charge in [0.25, 0.3) is 0 Å². The molecule has 1 aliphatic heterocycles. The van der Waals surface area contributed by atoms with Crippen LogP contribution in [0.3, 0.4) is 0 Å². The quantitative estimate of drug-likeness (QED) is 0.852. The van der Waals surface area contributed by atoms with E-state index in [9.17, 15) is 0 Å². The van der Waals surface area contributed by atoms with Crippen molar-refractivity contribution in [2.45, 2.75) is 18.9 Å². The lowest BCUT2D eigenvalue weighted by Crippen LogP contribution is -2.38. The Morgan fingerprint density at radius 1 is 1.11 bits per heavy atom. The van der Waals surface area contributed by atoms with E-state index >= 15 is 0 Å². The lowest BCUT2D eigenvalue weighted by Gasteiger charge is -2.25. The first-order valence-electron chi connectivity index (χ1n) is 6.55. The van der Waals surface area contributed by atoms with Gasteiger partial charge >= 0.3 is 0 Å². The Kier molecular flexibility index (Phi) is 4.74. The summed E-state index contributed by atoms with van der Waals surface area (Å²) in [6, 6.07) is 4.32. The van der Waals surface area contributed by atoms with Gasteiger partial charge in [-0.2, -0.15) is 0 Å². The first-order valence-corrected chi connectivity index (χ1v) is 6.55. The smallest absolute Gasteiger partial charge is 0.203 e. The summed E-state index contributed by atoms with van der Waals surface area (Å²) >= 11 is 0. The molecule has 0 amide bonds. The molecule has 5 nitrogen and oxygen atoms in total. The van der Waals surface area contributed by atoms with E-state index in [4.69, 9.17) is 14.2 Å². The number of rotatable bonds is 5. The number of benzene rings is 1. The summed E-state index contributed by atoms with van der Waals surface area (Å²) in [5, 5.41) is 6.89. The minimum atomic E-state index is 0.441. The largest absolute Gasteiger partial charge is 0.493 e. The summed E-state index contributed by atoms with van der Waals surface area (Å²) in [5.41, 5.74) is 0.989. The van der Waals surface area contributed by atoms with Crippen molar-refractivity contribution in [3.63, 3.8) is 0 Å². The number of nitrogens with one attached hydrogen (secondary N) is 2. The maximum Gasteiger partial charge on any atom is 0.203 e.